The highest BCUT2D eigenvalue weighted by molar-refractivity contribution is 8.00. The van der Waals surface area contributed by atoms with E-state index in [1.807, 2.05) is 50.2 Å². The summed E-state index contributed by atoms with van der Waals surface area (Å²) >= 11 is 1.50. The predicted octanol–water partition coefficient (Wildman–Crippen LogP) is 4.39. The van der Waals surface area contributed by atoms with E-state index in [0.717, 1.165) is 29.2 Å². The fraction of sp³-hybridized carbons (Fsp3) is 0.440. The third-order valence-corrected chi connectivity index (χ3v) is 6.80. The number of anilines is 1. The van der Waals surface area contributed by atoms with Gasteiger partial charge in [0.15, 0.2) is 0 Å². The fourth-order valence-electron chi connectivity index (χ4n) is 3.88. The average molecular weight is 457 g/mol. The van der Waals surface area contributed by atoms with E-state index in [1.54, 1.807) is 0 Å². The van der Waals surface area contributed by atoms with Gasteiger partial charge in [-0.2, -0.15) is 0 Å². The van der Waals surface area contributed by atoms with Crippen molar-refractivity contribution < 1.29 is 19.1 Å². The zero-order valence-corrected chi connectivity index (χ0v) is 19.8. The molecule has 1 heterocycles. The lowest BCUT2D eigenvalue weighted by atomic mass is 9.74. The van der Waals surface area contributed by atoms with Crippen LogP contribution >= 0.6 is 11.8 Å². The molecule has 0 spiro atoms. The molecule has 1 saturated heterocycles. The second-order valence-electron chi connectivity index (χ2n) is 8.03. The molecule has 1 aliphatic rings. The molecule has 2 aromatic carbocycles. The third-order valence-electron chi connectivity index (χ3n) is 5.69. The zero-order valence-electron chi connectivity index (χ0n) is 19.0. The summed E-state index contributed by atoms with van der Waals surface area (Å²) in [6.45, 7) is 7.96. The molecule has 32 heavy (non-hydrogen) atoms. The van der Waals surface area contributed by atoms with Gasteiger partial charge in [-0.25, -0.2) is 0 Å². The highest BCUT2D eigenvalue weighted by atomic mass is 32.2. The van der Waals surface area contributed by atoms with Gasteiger partial charge in [-0.15, -0.1) is 11.8 Å². The lowest BCUT2D eigenvalue weighted by Crippen LogP contribution is -2.46. The Hall–Kier alpha value is -2.51. The molecule has 0 aliphatic carbocycles. The minimum absolute atomic E-state index is 0.0118. The van der Waals surface area contributed by atoms with E-state index in [-0.39, 0.29) is 22.5 Å². The van der Waals surface area contributed by atoms with E-state index in [1.165, 1.54) is 24.2 Å². The Labute approximate surface area is 194 Å². The van der Waals surface area contributed by atoms with Crippen LogP contribution in [0.4, 0.5) is 5.69 Å². The highest BCUT2D eigenvalue weighted by Gasteiger charge is 2.35. The summed E-state index contributed by atoms with van der Waals surface area (Å²) < 4.78 is 11.2. The van der Waals surface area contributed by atoms with Gasteiger partial charge in [-0.1, -0.05) is 12.1 Å². The van der Waals surface area contributed by atoms with Gasteiger partial charge in [0.05, 0.1) is 11.9 Å². The number of amides is 2. The van der Waals surface area contributed by atoms with Crippen LogP contribution in [-0.4, -0.2) is 43.4 Å². The largest absolute Gasteiger partial charge is 0.494 e. The molecule has 0 radical (unpaired) electrons. The monoisotopic (exact) mass is 456 g/mol. The first kappa shape index (κ1) is 24.1. The maximum atomic E-state index is 12.9. The number of benzene rings is 2. The topological polar surface area (TPSA) is 76.7 Å². The summed E-state index contributed by atoms with van der Waals surface area (Å²) in [7, 11) is 0. The molecular formula is C25H32N2O4S. The summed E-state index contributed by atoms with van der Waals surface area (Å²) in [5.74, 6) is 0.766. The van der Waals surface area contributed by atoms with Gasteiger partial charge in [-0.05, 0) is 68.7 Å². The van der Waals surface area contributed by atoms with Crippen LogP contribution in [0.3, 0.4) is 0 Å². The van der Waals surface area contributed by atoms with Crippen molar-refractivity contribution in [1.82, 2.24) is 5.32 Å². The summed E-state index contributed by atoms with van der Waals surface area (Å²) in [5.41, 5.74) is 1.82. The van der Waals surface area contributed by atoms with Gasteiger partial charge >= 0.3 is 0 Å². The number of carbonyl (C=O) groups excluding carboxylic acids is 2. The maximum Gasteiger partial charge on any atom is 0.233 e. The van der Waals surface area contributed by atoms with E-state index in [2.05, 4.69) is 22.8 Å². The first-order valence-electron chi connectivity index (χ1n) is 11.0. The highest BCUT2D eigenvalue weighted by Crippen LogP contribution is 2.35. The Morgan fingerprint density at radius 3 is 2.34 bits per heavy atom. The molecule has 0 aromatic heterocycles. The molecule has 0 saturated carbocycles. The van der Waals surface area contributed by atoms with E-state index in [9.17, 15) is 9.59 Å². The fourth-order valence-corrected chi connectivity index (χ4v) is 4.77. The zero-order chi connectivity index (χ0) is 23.0. The number of rotatable bonds is 9. The van der Waals surface area contributed by atoms with E-state index < -0.39 is 0 Å². The lowest BCUT2D eigenvalue weighted by Gasteiger charge is -2.38. The molecule has 172 valence electrons. The average Bonchev–Trinajstić information content (AvgIpc) is 2.79. The third kappa shape index (κ3) is 6.50. The molecule has 2 aromatic rings. The van der Waals surface area contributed by atoms with Crippen LogP contribution in [0.15, 0.2) is 53.4 Å². The lowest BCUT2D eigenvalue weighted by molar-refractivity contribution is -0.120. The van der Waals surface area contributed by atoms with Gasteiger partial charge in [0.25, 0.3) is 0 Å². The van der Waals surface area contributed by atoms with Gasteiger partial charge in [0, 0.05) is 42.7 Å². The van der Waals surface area contributed by atoms with Crippen LogP contribution in [0.25, 0.3) is 0 Å². The molecule has 1 unspecified atom stereocenters. The molecule has 6 nitrogen and oxygen atoms in total. The van der Waals surface area contributed by atoms with Crippen LogP contribution in [0.5, 0.6) is 5.75 Å². The Balaban J connectivity index is 1.61. The number of ether oxygens (including phenoxy) is 2. The van der Waals surface area contributed by atoms with Crippen molar-refractivity contribution >= 4 is 29.3 Å². The summed E-state index contributed by atoms with van der Waals surface area (Å²) in [5, 5.41) is 5.70. The van der Waals surface area contributed by atoms with Crippen LogP contribution in [0.2, 0.25) is 0 Å². The van der Waals surface area contributed by atoms with Gasteiger partial charge < -0.3 is 20.1 Å². The SMILES string of the molecule is CCOc1ccc(C2(CNC(=O)C(C)Sc3ccc(NC(C)=O)cc3)CCOCC2)cc1. The van der Waals surface area contributed by atoms with Crippen molar-refractivity contribution in [3.8, 4) is 5.75 Å². The Bertz CT molecular complexity index is 893. The van der Waals surface area contributed by atoms with Crippen molar-refractivity contribution in [2.75, 3.05) is 31.7 Å². The number of thioether (sulfide) groups is 1. The minimum atomic E-state index is -0.237. The van der Waals surface area contributed by atoms with E-state index in [0.29, 0.717) is 26.4 Å². The van der Waals surface area contributed by atoms with Crippen LogP contribution in [0.1, 0.15) is 39.2 Å². The van der Waals surface area contributed by atoms with E-state index >= 15 is 0 Å². The number of carbonyl (C=O) groups is 2. The molecule has 2 amide bonds. The molecule has 1 atom stereocenters. The number of hydrogen-bond donors (Lipinski definition) is 2. The van der Waals surface area contributed by atoms with Gasteiger partial charge in [-0.3, -0.25) is 9.59 Å². The Morgan fingerprint density at radius 2 is 1.75 bits per heavy atom. The van der Waals surface area contributed by atoms with Crippen molar-refractivity contribution in [2.45, 2.75) is 49.2 Å². The van der Waals surface area contributed by atoms with Gasteiger partial charge in [0.2, 0.25) is 11.8 Å². The first-order chi connectivity index (χ1) is 15.4. The molecule has 1 aliphatic heterocycles. The minimum Gasteiger partial charge on any atom is -0.494 e. The summed E-state index contributed by atoms with van der Waals surface area (Å²) in [6, 6.07) is 15.7. The summed E-state index contributed by atoms with van der Waals surface area (Å²) in [6.07, 6.45) is 1.74. The van der Waals surface area contributed by atoms with Crippen molar-refractivity contribution in [2.24, 2.45) is 0 Å². The van der Waals surface area contributed by atoms with Crippen molar-refractivity contribution in [3.63, 3.8) is 0 Å². The number of nitrogens with one attached hydrogen (secondary N) is 2. The van der Waals surface area contributed by atoms with Crippen LogP contribution in [-0.2, 0) is 19.7 Å². The quantitative estimate of drug-likeness (QED) is 0.548. The second-order valence-corrected chi connectivity index (χ2v) is 9.45. The molecule has 0 bridgehead atoms. The summed E-state index contributed by atoms with van der Waals surface area (Å²) in [4.78, 5) is 25.0. The van der Waals surface area contributed by atoms with Crippen LogP contribution < -0.4 is 15.4 Å². The van der Waals surface area contributed by atoms with Gasteiger partial charge in [0.1, 0.15) is 5.75 Å². The Kier molecular flexibility index (Phi) is 8.59. The van der Waals surface area contributed by atoms with Crippen LogP contribution in [0, 0.1) is 0 Å². The molecule has 1 fully saturated rings. The smallest absolute Gasteiger partial charge is 0.233 e. The van der Waals surface area contributed by atoms with E-state index in [4.69, 9.17) is 9.47 Å². The normalized spacial score (nSPS) is 16.1. The molecule has 3 rings (SSSR count). The molecule has 2 N–H and O–H groups in total. The first-order valence-corrected chi connectivity index (χ1v) is 11.9. The number of hydrogen-bond acceptors (Lipinski definition) is 5. The van der Waals surface area contributed by atoms with Crippen molar-refractivity contribution in [1.29, 1.82) is 0 Å². The molecular weight excluding hydrogens is 424 g/mol. The second kappa shape index (κ2) is 11.4. The molecule has 7 heteroatoms. The Morgan fingerprint density at radius 1 is 1.09 bits per heavy atom. The standard InChI is InChI=1S/C25H32N2O4S/c1-4-31-22-9-5-20(6-10-22)25(13-15-30-16-14-25)17-26-24(29)18(2)32-23-11-7-21(8-12-23)27-19(3)28/h5-12,18H,4,13-17H2,1-3H3,(H,26,29)(H,27,28). The maximum absolute atomic E-state index is 12.9. The van der Waals surface area contributed by atoms with Crippen molar-refractivity contribution in [3.05, 3.63) is 54.1 Å². The predicted molar refractivity (Wildman–Crippen MR) is 128 cm³/mol.